The lowest BCUT2D eigenvalue weighted by atomic mass is 10.2. The molecule has 0 aliphatic rings. The van der Waals surface area contributed by atoms with Gasteiger partial charge < -0.3 is 10.7 Å². The Morgan fingerprint density at radius 2 is 1.93 bits per heavy atom. The van der Waals surface area contributed by atoms with Gasteiger partial charge in [0.15, 0.2) is 0 Å². The number of anilines is 1. The lowest BCUT2D eigenvalue weighted by Crippen LogP contribution is -2.06. The number of imidazole rings is 1. The molecule has 1 aromatic heterocycles. The zero-order valence-corrected chi connectivity index (χ0v) is 7.19. The molecule has 3 N–H and O–H groups in total. The maximum Gasteiger partial charge on any atom is 0.449 e. The molecule has 0 saturated carbocycles. The summed E-state index contributed by atoms with van der Waals surface area (Å²) >= 11 is 0. The van der Waals surface area contributed by atoms with E-state index in [2.05, 4.69) is 4.98 Å². The number of nitrogens with one attached hydrogen (secondary N) is 1. The van der Waals surface area contributed by atoms with Gasteiger partial charge in [-0.25, -0.2) is 9.37 Å². The van der Waals surface area contributed by atoms with Crippen molar-refractivity contribution in [1.29, 1.82) is 0 Å². The molecule has 1 heterocycles. The number of aromatic nitrogens is 2. The van der Waals surface area contributed by atoms with Gasteiger partial charge in [0.1, 0.15) is 11.3 Å². The number of fused-ring (bicyclic) bond motifs is 1. The third-order valence-corrected chi connectivity index (χ3v) is 1.85. The van der Waals surface area contributed by atoms with Crippen molar-refractivity contribution in [2.45, 2.75) is 6.18 Å². The van der Waals surface area contributed by atoms with Crippen LogP contribution in [0.25, 0.3) is 11.0 Å². The van der Waals surface area contributed by atoms with E-state index in [9.17, 15) is 17.6 Å². The van der Waals surface area contributed by atoms with E-state index in [4.69, 9.17) is 5.73 Å². The Kier molecular flexibility index (Phi) is 1.85. The molecule has 3 nitrogen and oxygen atoms in total. The molecule has 0 aliphatic heterocycles. The number of hydrogen-bond donors (Lipinski definition) is 2. The fourth-order valence-electron chi connectivity index (χ4n) is 1.24. The van der Waals surface area contributed by atoms with Gasteiger partial charge >= 0.3 is 6.18 Å². The summed E-state index contributed by atoms with van der Waals surface area (Å²) in [5.41, 5.74) is 5.05. The summed E-state index contributed by atoms with van der Waals surface area (Å²) in [5.74, 6) is -1.90. The third-order valence-electron chi connectivity index (χ3n) is 1.85. The third kappa shape index (κ3) is 1.60. The second-order valence-corrected chi connectivity index (χ2v) is 2.97. The Balaban J connectivity index is 2.71. The van der Waals surface area contributed by atoms with E-state index in [1.807, 2.05) is 4.98 Å². The highest BCUT2D eigenvalue weighted by molar-refractivity contribution is 5.87. The van der Waals surface area contributed by atoms with Crippen LogP contribution in [-0.2, 0) is 6.18 Å². The number of halogens is 4. The van der Waals surface area contributed by atoms with Crippen molar-refractivity contribution in [2.75, 3.05) is 5.73 Å². The molecule has 0 unspecified atom stereocenters. The summed E-state index contributed by atoms with van der Waals surface area (Å²) in [6.45, 7) is 0. The van der Waals surface area contributed by atoms with Gasteiger partial charge in [0.2, 0.25) is 5.82 Å². The number of nitrogens with two attached hydrogens (primary N) is 1. The number of benzene rings is 1. The number of aromatic amines is 1. The molecule has 0 spiro atoms. The van der Waals surface area contributed by atoms with Gasteiger partial charge in [0.05, 0.1) is 11.2 Å². The number of alkyl halides is 3. The van der Waals surface area contributed by atoms with Crippen LogP contribution < -0.4 is 5.73 Å². The first-order valence-electron chi connectivity index (χ1n) is 3.90. The smallest absolute Gasteiger partial charge is 0.397 e. The maximum atomic E-state index is 12.8. The lowest BCUT2D eigenvalue weighted by Gasteiger charge is -1.98. The van der Waals surface area contributed by atoms with Crippen LogP contribution in [0.5, 0.6) is 0 Å². The van der Waals surface area contributed by atoms with E-state index in [1.54, 1.807) is 0 Å². The topological polar surface area (TPSA) is 54.7 Å². The molecule has 0 fully saturated rings. The van der Waals surface area contributed by atoms with Crippen molar-refractivity contribution in [3.05, 3.63) is 23.8 Å². The molecule has 0 saturated heterocycles. The van der Waals surface area contributed by atoms with Crippen LogP contribution in [0, 0.1) is 5.82 Å². The Hall–Kier alpha value is -1.79. The van der Waals surface area contributed by atoms with Crippen molar-refractivity contribution < 1.29 is 17.6 Å². The Bertz CT molecular complexity index is 514. The maximum absolute atomic E-state index is 12.8. The van der Waals surface area contributed by atoms with E-state index < -0.39 is 17.8 Å². The SMILES string of the molecule is Nc1cc(F)cc2[nH]c(C(F)(F)F)nc12. The van der Waals surface area contributed by atoms with Gasteiger partial charge in [-0.15, -0.1) is 0 Å². The molecule has 0 atom stereocenters. The largest absolute Gasteiger partial charge is 0.449 e. The standard InChI is InChI=1S/C8H5F4N3/c9-3-1-4(13)6-5(2-3)14-7(15-6)8(10,11)12/h1-2H,13H2,(H,14,15). The van der Waals surface area contributed by atoms with Crippen LogP contribution >= 0.6 is 0 Å². The van der Waals surface area contributed by atoms with Crippen LogP contribution in [0.1, 0.15) is 5.82 Å². The van der Waals surface area contributed by atoms with Gasteiger partial charge in [-0.3, -0.25) is 0 Å². The molecule has 15 heavy (non-hydrogen) atoms. The summed E-state index contributed by atoms with van der Waals surface area (Å²) in [4.78, 5) is 5.21. The first-order valence-corrected chi connectivity index (χ1v) is 3.90. The predicted molar refractivity (Wildman–Crippen MR) is 45.5 cm³/mol. The number of nitrogen functional groups attached to an aromatic ring is 1. The Morgan fingerprint density at radius 3 is 2.53 bits per heavy atom. The van der Waals surface area contributed by atoms with Crippen molar-refractivity contribution >= 4 is 16.7 Å². The van der Waals surface area contributed by atoms with Crippen molar-refractivity contribution in [1.82, 2.24) is 9.97 Å². The summed E-state index contributed by atoms with van der Waals surface area (Å²) in [7, 11) is 0. The average Bonchev–Trinajstić information content (AvgIpc) is 2.46. The summed E-state index contributed by atoms with van der Waals surface area (Å²) < 4.78 is 49.5. The minimum absolute atomic E-state index is 0.0696. The van der Waals surface area contributed by atoms with E-state index in [1.165, 1.54) is 0 Å². The molecule has 0 aliphatic carbocycles. The summed E-state index contributed by atoms with van der Waals surface area (Å²) in [6.07, 6.45) is -4.60. The van der Waals surface area contributed by atoms with Crippen LogP contribution in [0.3, 0.4) is 0 Å². The summed E-state index contributed by atoms with van der Waals surface area (Å²) in [6, 6.07) is 1.83. The quantitative estimate of drug-likeness (QED) is 0.527. The van der Waals surface area contributed by atoms with Gasteiger partial charge in [0, 0.05) is 0 Å². The second-order valence-electron chi connectivity index (χ2n) is 2.97. The first-order chi connectivity index (χ1) is 6.88. The second kappa shape index (κ2) is 2.85. The molecular formula is C8H5F4N3. The molecule has 1 aromatic carbocycles. The number of rotatable bonds is 0. The highest BCUT2D eigenvalue weighted by atomic mass is 19.4. The zero-order chi connectivity index (χ0) is 11.2. The van der Waals surface area contributed by atoms with Gasteiger partial charge in [0.25, 0.3) is 0 Å². The van der Waals surface area contributed by atoms with Gasteiger partial charge in [-0.05, 0) is 12.1 Å². The van der Waals surface area contributed by atoms with Gasteiger partial charge in [-0.2, -0.15) is 13.2 Å². The number of hydrogen-bond acceptors (Lipinski definition) is 2. The number of nitrogens with zero attached hydrogens (tertiary/aromatic N) is 1. The molecular weight excluding hydrogens is 214 g/mol. The Morgan fingerprint density at radius 1 is 1.27 bits per heavy atom. The van der Waals surface area contributed by atoms with Crippen molar-refractivity contribution in [3.8, 4) is 0 Å². The van der Waals surface area contributed by atoms with Crippen LogP contribution in [0.2, 0.25) is 0 Å². The number of H-pyrrole nitrogens is 1. The van der Waals surface area contributed by atoms with Gasteiger partial charge in [-0.1, -0.05) is 0 Å². The van der Waals surface area contributed by atoms with Crippen molar-refractivity contribution in [3.63, 3.8) is 0 Å². The lowest BCUT2D eigenvalue weighted by molar-refractivity contribution is -0.144. The minimum atomic E-state index is -4.60. The molecule has 80 valence electrons. The normalized spacial score (nSPS) is 12.3. The van der Waals surface area contributed by atoms with Crippen LogP contribution in [-0.4, -0.2) is 9.97 Å². The molecule has 0 radical (unpaired) electrons. The Labute approximate surface area is 80.9 Å². The average molecular weight is 219 g/mol. The highest BCUT2D eigenvalue weighted by Crippen LogP contribution is 2.30. The molecule has 2 aromatic rings. The fraction of sp³-hybridized carbons (Fsp3) is 0.125. The van der Waals surface area contributed by atoms with E-state index >= 15 is 0 Å². The van der Waals surface area contributed by atoms with Crippen LogP contribution in [0.15, 0.2) is 12.1 Å². The van der Waals surface area contributed by atoms with E-state index in [0.29, 0.717) is 0 Å². The highest BCUT2D eigenvalue weighted by Gasteiger charge is 2.35. The molecule has 0 amide bonds. The molecule has 7 heteroatoms. The van der Waals surface area contributed by atoms with E-state index in [0.717, 1.165) is 12.1 Å². The van der Waals surface area contributed by atoms with Crippen molar-refractivity contribution in [2.24, 2.45) is 0 Å². The first kappa shape index (κ1) is 9.75. The van der Waals surface area contributed by atoms with E-state index in [-0.39, 0.29) is 16.7 Å². The molecule has 2 rings (SSSR count). The fourth-order valence-corrected chi connectivity index (χ4v) is 1.24. The predicted octanol–water partition coefficient (Wildman–Crippen LogP) is 2.30. The minimum Gasteiger partial charge on any atom is -0.397 e. The van der Waals surface area contributed by atoms with Crippen LogP contribution in [0.4, 0.5) is 23.2 Å². The monoisotopic (exact) mass is 219 g/mol. The zero-order valence-electron chi connectivity index (χ0n) is 7.19. The summed E-state index contributed by atoms with van der Waals surface area (Å²) in [5, 5.41) is 0. The molecule has 0 bridgehead atoms.